The van der Waals surface area contributed by atoms with Crippen molar-refractivity contribution in [3.8, 4) is 0 Å². The van der Waals surface area contributed by atoms with E-state index in [1.165, 1.54) is 28.6 Å². The van der Waals surface area contributed by atoms with E-state index in [2.05, 4.69) is 0 Å². The lowest BCUT2D eigenvalue weighted by atomic mass is 10.0. The van der Waals surface area contributed by atoms with Gasteiger partial charge >= 0.3 is 5.97 Å². The number of Topliss-reactive ketones (excluding diaryl/α,β-unsaturated/α-hetero) is 1. The molecule has 0 atom stereocenters. The number of benzene rings is 3. The maximum atomic E-state index is 13.2. The Morgan fingerprint density at radius 3 is 2.30 bits per heavy atom. The van der Waals surface area contributed by atoms with Crippen molar-refractivity contribution in [1.29, 1.82) is 0 Å². The second-order valence-corrected chi connectivity index (χ2v) is 9.72. The van der Waals surface area contributed by atoms with E-state index in [4.69, 9.17) is 4.74 Å². The molecular weight excluding hydrogens is 438 g/mol. The van der Waals surface area contributed by atoms with Crippen LogP contribution in [-0.4, -0.2) is 33.3 Å². The molecule has 170 valence electrons. The molecule has 0 aromatic heterocycles. The molecule has 3 aromatic rings. The molecule has 0 saturated carbocycles. The molecule has 0 saturated heterocycles. The Labute approximate surface area is 193 Å². The van der Waals surface area contributed by atoms with Gasteiger partial charge in [0, 0.05) is 18.5 Å². The summed E-state index contributed by atoms with van der Waals surface area (Å²) < 4.78 is 33.1. The molecule has 6 nitrogen and oxygen atoms in total. The van der Waals surface area contributed by atoms with Crippen LogP contribution in [0.4, 0.5) is 5.69 Å². The van der Waals surface area contributed by atoms with Crippen molar-refractivity contribution in [3.05, 3.63) is 95.6 Å². The van der Waals surface area contributed by atoms with Crippen LogP contribution >= 0.6 is 0 Å². The maximum Gasteiger partial charge on any atom is 0.338 e. The van der Waals surface area contributed by atoms with E-state index in [0.717, 1.165) is 18.4 Å². The zero-order chi connectivity index (χ0) is 23.3. The molecule has 33 heavy (non-hydrogen) atoms. The number of rotatable bonds is 8. The number of aryl methyl sites for hydroxylation is 1. The maximum absolute atomic E-state index is 13.2. The number of anilines is 1. The zero-order valence-electron chi connectivity index (χ0n) is 18.1. The topological polar surface area (TPSA) is 80.8 Å². The van der Waals surface area contributed by atoms with Gasteiger partial charge in [0.1, 0.15) is 0 Å². The fourth-order valence-electron chi connectivity index (χ4n) is 3.89. The second kappa shape index (κ2) is 10.0. The molecule has 0 amide bonds. The minimum absolute atomic E-state index is 0.000458. The van der Waals surface area contributed by atoms with Crippen LogP contribution in [0.2, 0.25) is 0 Å². The summed E-state index contributed by atoms with van der Waals surface area (Å²) in [6, 6.07) is 22.3. The van der Waals surface area contributed by atoms with E-state index in [-0.39, 0.29) is 29.3 Å². The minimum Gasteiger partial charge on any atom is -0.462 e. The molecule has 0 spiro atoms. The first-order valence-corrected chi connectivity index (χ1v) is 12.4. The quantitative estimate of drug-likeness (QED) is 0.276. The van der Waals surface area contributed by atoms with E-state index < -0.39 is 16.0 Å². The number of hydrogen-bond donors (Lipinski definition) is 0. The van der Waals surface area contributed by atoms with Gasteiger partial charge in [0.25, 0.3) is 10.0 Å². The molecule has 0 aliphatic carbocycles. The van der Waals surface area contributed by atoms with Gasteiger partial charge in [-0.25, -0.2) is 13.2 Å². The molecule has 0 fully saturated rings. The summed E-state index contributed by atoms with van der Waals surface area (Å²) in [6.07, 6.45) is 2.31. The first kappa shape index (κ1) is 22.7. The Balaban J connectivity index is 1.35. The summed E-state index contributed by atoms with van der Waals surface area (Å²) in [4.78, 5) is 24.5. The lowest BCUT2D eigenvalue weighted by Gasteiger charge is -2.30. The molecule has 1 aliphatic heterocycles. The lowest BCUT2D eigenvalue weighted by Crippen LogP contribution is -2.35. The van der Waals surface area contributed by atoms with Crippen molar-refractivity contribution in [2.24, 2.45) is 0 Å². The van der Waals surface area contributed by atoms with Crippen LogP contribution < -0.4 is 4.31 Å². The highest BCUT2D eigenvalue weighted by Crippen LogP contribution is 2.31. The number of fused-ring (bicyclic) bond motifs is 1. The third kappa shape index (κ3) is 5.14. The standard InChI is InChI=1S/C26H25NO5S/c28-25(21-9-2-1-3-10-21)13-7-19-32-26(29)22-14-16-23(17-15-22)33(30,31)27-18-6-11-20-8-4-5-12-24(20)27/h1-5,8-10,12,14-17H,6-7,11,13,18-19H2. The molecule has 1 aliphatic rings. The smallest absolute Gasteiger partial charge is 0.338 e. The summed E-state index contributed by atoms with van der Waals surface area (Å²) in [5.41, 5.74) is 2.62. The molecular formula is C26H25NO5S. The van der Waals surface area contributed by atoms with Crippen molar-refractivity contribution in [2.45, 2.75) is 30.6 Å². The number of sulfonamides is 1. The molecule has 0 unspecified atom stereocenters. The van der Waals surface area contributed by atoms with Crippen molar-refractivity contribution in [1.82, 2.24) is 0 Å². The van der Waals surface area contributed by atoms with Crippen molar-refractivity contribution < 1.29 is 22.7 Å². The van der Waals surface area contributed by atoms with E-state index in [1.54, 1.807) is 24.3 Å². The predicted octanol–water partition coefficient (Wildman–Crippen LogP) is 4.65. The number of ether oxygens (including phenoxy) is 1. The highest BCUT2D eigenvalue weighted by atomic mass is 32.2. The Morgan fingerprint density at radius 1 is 0.848 bits per heavy atom. The summed E-state index contributed by atoms with van der Waals surface area (Å²) in [5.74, 6) is -0.546. The van der Waals surface area contributed by atoms with Crippen LogP contribution in [-0.2, 0) is 21.2 Å². The minimum atomic E-state index is -3.73. The molecule has 0 N–H and O–H groups in total. The highest BCUT2D eigenvalue weighted by Gasteiger charge is 2.29. The van der Waals surface area contributed by atoms with Gasteiger partial charge in [0.05, 0.1) is 22.8 Å². The van der Waals surface area contributed by atoms with Gasteiger partial charge in [-0.2, -0.15) is 0 Å². The van der Waals surface area contributed by atoms with E-state index >= 15 is 0 Å². The molecule has 1 heterocycles. The van der Waals surface area contributed by atoms with Crippen LogP contribution in [0.25, 0.3) is 0 Å². The first-order valence-electron chi connectivity index (χ1n) is 10.9. The zero-order valence-corrected chi connectivity index (χ0v) is 19.0. The number of para-hydroxylation sites is 1. The molecule has 0 bridgehead atoms. The number of carbonyl (C=O) groups excluding carboxylic acids is 2. The fourth-order valence-corrected chi connectivity index (χ4v) is 5.43. The van der Waals surface area contributed by atoms with Crippen LogP contribution in [0.1, 0.15) is 45.5 Å². The van der Waals surface area contributed by atoms with Crippen LogP contribution in [0.5, 0.6) is 0 Å². The summed E-state index contributed by atoms with van der Waals surface area (Å²) >= 11 is 0. The molecule has 7 heteroatoms. The third-order valence-electron chi connectivity index (χ3n) is 5.62. The van der Waals surface area contributed by atoms with E-state index in [1.807, 2.05) is 30.3 Å². The Bertz CT molecular complexity index is 1240. The first-order chi connectivity index (χ1) is 16.0. The number of ketones is 1. The number of esters is 1. The largest absolute Gasteiger partial charge is 0.462 e. The van der Waals surface area contributed by atoms with Crippen molar-refractivity contribution >= 4 is 27.5 Å². The molecule has 0 radical (unpaired) electrons. The number of hydrogen-bond acceptors (Lipinski definition) is 5. The Kier molecular flexibility index (Phi) is 6.89. The summed E-state index contributed by atoms with van der Waals surface area (Å²) in [5, 5.41) is 0. The Hall–Kier alpha value is -3.45. The van der Waals surface area contributed by atoms with Gasteiger partial charge in [-0.1, -0.05) is 48.5 Å². The van der Waals surface area contributed by atoms with Gasteiger partial charge in [0.15, 0.2) is 5.78 Å². The average molecular weight is 464 g/mol. The Morgan fingerprint density at radius 2 is 1.55 bits per heavy atom. The predicted molar refractivity (Wildman–Crippen MR) is 126 cm³/mol. The van der Waals surface area contributed by atoms with E-state index in [9.17, 15) is 18.0 Å². The van der Waals surface area contributed by atoms with Crippen LogP contribution in [0.3, 0.4) is 0 Å². The number of carbonyl (C=O) groups is 2. The highest BCUT2D eigenvalue weighted by molar-refractivity contribution is 7.92. The van der Waals surface area contributed by atoms with Crippen LogP contribution in [0, 0.1) is 0 Å². The SMILES string of the molecule is O=C(CCCOC(=O)c1ccc(S(=O)(=O)N2CCCc3ccccc32)cc1)c1ccccc1. The van der Waals surface area contributed by atoms with Gasteiger partial charge in [-0.15, -0.1) is 0 Å². The van der Waals surface area contributed by atoms with Gasteiger partial charge in [0.2, 0.25) is 0 Å². The van der Waals surface area contributed by atoms with Crippen LogP contribution in [0.15, 0.2) is 83.8 Å². The van der Waals surface area contributed by atoms with Gasteiger partial charge < -0.3 is 4.74 Å². The third-order valence-corrected chi connectivity index (χ3v) is 7.45. The monoisotopic (exact) mass is 463 g/mol. The van der Waals surface area contributed by atoms with Crippen molar-refractivity contribution in [2.75, 3.05) is 17.5 Å². The molecule has 3 aromatic carbocycles. The number of nitrogens with zero attached hydrogens (tertiary/aromatic N) is 1. The van der Waals surface area contributed by atoms with E-state index in [0.29, 0.717) is 24.2 Å². The lowest BCUT2D eigenvalue weighted by molar-refractivity contribution is 0.0494. The molecule has 4 rings (SSSR count). The normalized spacial score (nSPS) is 13.3. The van der Waals surface area contributed by atoms with Gasteiger partial charge in [-0.3, -0.25) is 9.10 Å². The summed E-state index contributed by atoms with van der Waals surface area (Å²) in [7, 11) is -3.73. The fraction of sp³-hybridized carbons (Fsp3) is 0.231. The van der Waals surface area contributed by atoms with Gasteiger partial charge in [-0.05, 0) is 55.2 Å². The van der Waals surface area contributed by atoms with Crippen molar-refractivity contribution in [3.63, 3.8) is 0 Å². The second-order valence-electron chi connectivity index (χ2n) is 7.86. The summed E-state index contributed by atoms with van der Waals surface area (Å²) in [6.45, 7) is 0.535. The average Bonchev–Trinajstić information content (AvgIpc) is 2.86.